The molecule has 2 aromatic rings. The highest BCUT2D eigenvalue weighted by Crippen LogP contribution is 2.35. The van der Waals surface area contributed by atoms with Crippen molar-refractivity contribution in [2.45, 2.75) is 0 Å². The maximum atomic E-state index is 12.6. The summed E-state index contributed by atoms with van der Waals surface area (Å²) in [7, 11) is 5.68. The molecule has 0 aliphatic rings. The van der Waals surface area contributed by atoms with E-state index in [4.69, 9.17) is 18.9 Å². The summed E-state index contributed by atoms with van der Waals surface area (Å²) >= 11 is 0. The Hall–Kier alpha value is -3.49. The largest absolute Gasteiger partial charge is 0.493 e. The Morgan fingerprint density at radius 3 is 1.96 bits per heavy atom. The third-order valence-electron chi connectivity index (χ3n) is 3.58. The molecule has 138 valence electrons. The minimum atomic E-state index is -0.676. The lowest BCUT2D eigenvalue weighted by Gasteiger charge is -2.12. The lowest BCUT2D eigenvalue weighted by molar-refractivity contribution is -0.385. The van der Waals surface area contributed by atoms with Gasteiger partial charge in [-0.25, -0.2) is 0 Å². The molecule has 0 fully saturated rings. The number of hydrogen-bond donors (Lipinski definition) is 1. The molecule has 0 atom stereocenters. The second kappa shape index (κ2) is 8.06. The minimum absolute atomic E-state index is 0.155. The van der Waals surface area contributed by atoms with Gasteiger partial charge >= 0.3 is 0 Å². The van der Waals surface area contributed by atoms with E-state index in [0.29, 0.717) is 17.2 Å². The fraction of sp³-hybridized carbons (Fsp3) is 0.235. The highest BCUT2D eigenvalue weighted by atomic mass is 16.6. The molecule has 0 aliphatic carbocycles. The molecule has 0 bridgehead atoms. The average molecular weight is 362 g/mol. The van der Waals surface area contributed by atoms with Crippen molar-refractivity contribution in [3.8, 4) is 23.0 Å². The molecule has 0 aromatic heterocycles. The molecule has 0 spiro atoms. The Kier molecular flexibility index (Phi) is 5.84. The van der Waals surface area contributed by atoms with Gasteiger partial charge in [0.1, 0.15) is 5.56 Å². The number of nitrogens with zero attached hydrogens (tertiary/aromatic N) is 1. The van der Waals surface area contributed by atoms with Crippen LogP contribution >= 0.6 is 0 Å². The molecule has 1 amide bonds. The van der Waals surface area contributed by atoms with Crippen LogP contribution in [-0.4, -0.2) is 39.3 Å². The zero-order valence-electron chi connectivity index (χ0n) is 14.7. The number of carbonyl (C=O) groups excluding carboxylic acids is 1. The van der Waals surface area contributed by atoms with E-state index in [1.807, 2.05) is 0 Å². The van der Waals surface area contributed by atoms with E-state index in [2.05, 4.69) is 5.32 Å². The lowest BCUT2D eigenvalue weighted by atomic mass is 10.1. The van der Waals surface area contributed by atoms with Gasteiger partial charge in [0, 0.05) is 17.8 Å². The van der Waals surface area contributed by atoms with Crippen LogP contribution in [0.15, 0.2) is 30.3 Å². The molecule has 0 aliphatic heterocycles. The normalized spacial score (nSPS) is 10.0. The number of anilines is 1. The quantitative estimate of drug-likeness (QED) is 0.596. The van der Waals surface area contributed by atoms with Crippen LogP contribution in [0, 0.1) is 10.1 Å². The van der Waals surface area contributed by atoms with Crippen LogP contribution in [0.2, 0.25) is 0 Å². The van der Waals surface area contributed by atoms with Gasteiger partial charge in [-0.1, -0.05) is 0 Å². The zero-order valence-corrected chi connectivity index (χ0v) is 14.7. The first-order chi connectivity index (χ1) is 12.4. The van der Waals surface area contributed by atoms with Crippen molar-refractivity contribution in [1.29, 1.82) is 0 Å². The van der Waals surface area contributed by atoms with Crippen LogP contribution in [0.3, 0.4) is 0 Å². The molecule has 0 saturated carbocycles. The maximum absolute atomic E-state index is 12.6. The molecule has 9 nitrogen and oxygen atoms in total. The Morgan fingerprint density at radius 1 is 0.885 bits per heavy atom. The Bertz CT molecular complexity index is 836. The summed E-state index contributed by atoms with van der Waals surface area (Å²) in [5.41, 5.74) is -0.181. The molecular formula is C17H18N2O7. The molecule has 26 heavy (non-hydrogen) atoms. The molecule has 0 saturated heterocycles. The summed E-state index contributed by atoms with van der Waals surface area (Å²) in [5.74, 6) is 0.581. The van der Waals surface area contributed by atoms with Gasteiger partial charge in [0.05, 0.1) is 39.4 Å². The fourth-order valence-electron chi connectivity index (χ4n) is 2.31. The highest BCUT2D eigenvalue weighted by Gasteiger charge is 2.25. The van der Waals surface area contributed by atoms with E-state index in [0.717, 1.165) is 6.07 Å². The van der Waals surface area contributed by atoms with Gasteiger partial charge in [-0.05, 0) is 12.1 Å². The molecule has 0 heterocycles. The van der Waals surface area contributed by atoms with E-state index in [1.54, 1.807) is 18.2 Å². The van der Waals surface area contributed by atoms with Gasteiger partial charge < -0.3 is 24.3 Å². The van der Waals surface area contributed by atoms with Crippen molar-refractivity contribution in [3.63, 3.8) is 0 Å². The van der Waals surface area contributed by atoms with Crippen molar-refractivity contribution in [2.75, 3.05) is 33.8 Å². The first-order valence-electron chi connectivity index (χ1n) is 7.39. The number of benzene rings is 2. The Labute approximate surface area is 149 Å². The number of nitro groups is 1. The van der Waals surface area contributed by atoms with E-state index in [1.165, 1.54) is 34.5 Å². The Balaban J connectivity index is 2.41. The predicted molar refractivity (Wildman–Crippen MR) is 93.7 cm³/mol. The van der Waals surface area contributed by atoms with E-state index >= 15 is 0 Å². The van der Waals surface area contributed by atoms with Gasteiger partial charge in [-0.3, -0.25) is 14.9 Å². The summed E-state index contributed by atoms with van der Waals surface area (Å²) < 4.78 is 20.5. The van der Waals surface area contributed by atoms with E-state index in [-0.39, 0.29) is 17.1 Å². The van der Waals surface area contributed by atoms with Gasteiger partial charge in [-0.2, -0.15) is 0 Å². The van der Waals surface area contributed by atoms with Crippen molar-refractivity contribution in [2.24, 2.45) is 0 Å². The lowest BCUT2D eigenvalue weighted by Crippen LogP contribution is -2.14. The summed E-state index contributed by atoms with van der Waals surface area (Å²) in [6, 6.07) is 7.14. The van der Waals surface area contributed by atoms with Crippen LogP contribution in [0.5, 0.6) is 23.0 Å². The van der Waals surface area contributed by atoms with Crippen molar-refractivity contribution >= 4 is 17.3 Å². The maximum Gasteiger partial charge on any atom is 0.286 e. The summed E-state index contributed by atoms with van der Waals surface area (Å²) in [6.07, 6.45) is 0. The van der Waals surface area contributed by atoms with E-state index in [9.17, 15) is 14.9 Å². The van der Waals surface area contributed by atoms with Crippen LogP contribution in [0.4, 0.5) is 11.4 Å². The van der Waals surface area contributed by atoms with Gasteiger partial charge in [0.15, 0.2) is 23.0 Å². The second-order valence-electron chi connectivity index (χ2n) is 5.01. The van der Waals surface area contributed by atoms with Crippen LogP contribution < -0.4 is 24.3 Å². The van der Waals surface area contributed by atoms with Crippen LogP contribution in [0.25, 0.3) is 0 Å². The monoisotopic (exact) mass is 362 g/mol. The van der Waals surface area contributed by atoms with Crippen molar-refractivity contribution in [3.05, 3.63) is 46.0 Å². The number of hydrogen-bond acceptors (Lipinski definition) is 7. The van der Waals surface area contributed by atoms with Gasteiger partial charge in [0.25, 0.3) is 11.6 Å². The predicted octanol–water partition coefficient (Wildman–Crippen LogP) is 2.88. The smallest absolute Gasteiger partial charge is 0.286 e. The SMILES string of the molecule is COc1ccc(NC(=O)c2cc(OC)c(OC)cc2[N+](=O)[O-])cc1OC. The summed E-state index contributed by atoms with van der Waals surface area (Å²) in [4.78, 5) is 23.2. The standard InChI is InChI=1S/C17H18N2O7/c1-23-13-6-5-10(7-14(13)24-2)18-17(20)11-8-15(25-3)16(26-4)9-12(11)19(21)22/h5-9H,1-4H3,(H,18,20). The number of rotatable bonds is 7. The average Bonchev–Trinajstić information content (AvgIpc) is 2.66. The second-order valence-corrected chi connectivity index (χ2v) is 5.01. The zero-order chi connectivity index (χ0) is 19.3. The third kappa shape index (κ3) is 3.77. The van der Waals surface area contributed by atoms with Gasteiger partial charge in [0.2, 0.25) is 0 Å². The molecule has 2 aromatic carbocycles. The van der Waals surface area contributed by atoms with Crippen LogP contribution in [0.1, 0.15) is 10.4 Å². The topological polar surface area (TPSA) is 109 Å². The summed E-state index contributed by atoms with van der Waals surface area (Å²) in [6.45, 7) is 0. The van der Waals surface area contributed by atoms with Crippen molar-refractivity contribution < 1.29 is 28.7 Å². The van der Waals surface area contributed by atoms with Gasteiger partial charge in [-0.15, -0.1) is 0 Å². The number of nitro benzene ring substituents is 1. The highest BCUT2D eigenvalue weighted by molar-refractivity contribution is 6.07. The van der Waals surface area contributed by atoms with E-state index < -0.39 is 16.5 Å². The fourth-order valence-corrected chi connectivity index (χ4v) is 2.31. The summed E-state index contributed by atoms with van der Waals surface area (Å²) in [5, 5.41) is 13.9. The number of ether oxygens (including phenoxy) is 4. The number of carbonyl (C=O) groups is 1. The molecule has 0 radical (unpaired) electrons. The molecule has 1 N–H and O–H groups in total. The third-order valence-corrected chi connectivity index (χ3v) is 3.58. The Morgan fingerprint density at radius 2 is 1.42 bits per heavy atom. The molecule has 0 unspecified atom stereocenters. The molecular weight excluding hydrogens is 344 g/mol. The van der Waals surface area contributed by atoms with Crippen LogP contribution in [-0.2, 0) is 0 Å². The number of nitrogens with one attached hydrogen (secondary N) is 1. The first kappa shape index (κ1) is 18.8. The molecule has 2 rings (SSSR count). The molecule has 9 heteroatoms. The van der Waals surface area contributed by atoms with Crippen molar-refractivity contribution in [1.82, 2.24) is 0 Å². The number of methoxy groups -OCH3 is 4. The number of amides is 1. The minimum Gasteiger partial charge on any atom is -0.493 e. The first-order valence-corrected chi connectivity index (χ1v) is 7.39.